The Morgan fingerprint density at radius 3 is 2.32 bits per heavy atom. The molecule has 1 aromatic rings. The molecule has 1 aromatic carbocycles. The lowest BCUT2D eigenvalue weighted by Gasteiger charge is -2.11. The molecule has 6 nitrogen and oxygen atoms in total. The molecule has 1 saturated carbocycles. The van der Waals surface area contributed by atoms with Gasteiger partial charge in [-0.25, -0.2) is 10.2 Å². The number of rotatable bonds is 6. The Bertz CT molecular complexity index is 586. The van der Waals surface area contributed by atoms with E-state index in [1.165, 1.54) is 19.3 Å². The maximum absolute atomic E-state index is 11.9. The number of benzene rings is 1. The van der Waals surface area contributed by atoms with Crippen LogP contribution >= 0.6 is 0 Å². The van der Waals surface area contributed by atoms with Crippen LogP contribution in [0, 0.1) is 0 Å². The molecule has 0 spiro atoms. The van der Waals surface area contributed by atoms with E-state index in [1.54, 1.807) is 31.2 Å². The Hall–Kier alpha value is -2.37. The van der Waals surface area contributed by atoms with Crippen molar-refractivity contribution in [3.63, 3.8) is 0 Å². The van der Waals surface area contributed by atoms with Crippen molar-refractivity contribution in [2.45, 2.75) is 51.9 Å². The standard InChI is InChI=1S/C19H26N2O4/c1-2-24-19(23)15-10-12-17(13-11-15)25-14-18(22)21-20-16-8-6-4-3-5-7-9-16/h10-13H,2-9,14H2,1H3,(H,21,22). The van der Waals surface area contributed by atoms with E-state index in [4.69, 9.17) is 9.47 Å². The van der Waals surface area contributed by atoms with Crippen molar-refractivity contribution >= 4 is 17.6 Å². The largest absolute Gasteiger partial charge is 0.484 e. The molecule has 0 aliphatic heterocycles. The van der Waals surface area contributed by atoms with Crippen molar-refractivity contribution in [1.82, 2.24) is 5.43 Å². The maximum atomic E-state index is 11.9. The fourth-order valence-corrected chi connectivity index (χ4v) is 2.65. The van der Waals surface area contributed by atoms with Gasteiger partial charge >= 0.3 is 5.97 Å². The Morgan fingerprint density at radius 1 is 1.04 bits per heavy atom. The summed E-state index contributed by atoms with van der Waals surface area (Å²) in [4.78, 5) is 23.4. The van der Waals surface area contributed by atoms with Gasteiger partial charge in [0.2, 0.25) is 0 Å². The predicted molar refractivity (Wildman–Crippen MR) is 95.8 cm³/mol. The van der Waals surface area contributed by atoms with E-state index >= 15 is 0 Å². The SMILES string of the molecule is CCOC(=O)c1ccc(OCC(=O)NN=C2CCCCCCC2)cc1. The molecule has 0 unspecified atom stereocenters. The molecule has 25 heavy (non-hydrogen) atoms. The van der Waals surface area contributed by atoms with Gasteiger partial charge in [0.1, 0.15) is 5.75 Å². The highest BCUT2D eigenvalue weighted by Crippen LogP contribution is 2.15. The van der Waals surface area contributed by atoms with Crippen LogP contribution in [0.5, 0.6) is 5.75 Å². The molecule has 0 saturated heterocycles. The second-order valence-corrected chi connectivity index (χ2v) is 6.01. The van der Waals surface area contributed by atoms with Crippen molar-refractivity contribution in [2.24, 2.45) is 5.10 Å². The van der Waals surface area contributed by atoms with Crippen LogP contribution in [0.4, 0.5) is 0 Å². The van der Waals surface area contributed by atoms with Crippen LogP contribution in [0.3, 0.4) is 0 Å². The van der Waals surface area contributed by atoms with E-state index in [1.807, 2.05) is 0 Å². The minimum Gasteiger partial charge on any atom is -0.484 e. The third-order valence-electron chi connectivity index (χ3n) is 4.00. The van der Waals surface area contributed by atoms with Crippen LogP contribution in [0.15, 0.2) is 29.4 Å². The van der Waals surface area contributed by atoms with Crippen LogP contribution in [0.2, 0.25) is 0 Å². The van der Waals surface area contributed by atoms with E-state index in [9.17, 15) is 9.59 Å². The minimum atomic E-state index is -0.373. The Kier molecular flexibility index (Phi) is 7.95. The zero-order valence-electron chi connectivity index (χ0n) is 14.8. The fourth-order valence-electron chi connectivity index (χ4n) is 2.65. The molecule has 1 aliphatic rings. The molecule has 1 amide bonds. The van der Waals surface area contributed by atoms with E-state index in [-0.39, 0.29) is 18.5 Å². The summed E-state index contributed by atoms with van der Waals surface area (Å²) < 4.78 is 10.3. The smallest absolute Gasteiger partial charge is 0.338 e. The first-order valence-electron chi connectivity index (χ1n) is 8.93. The van der Waals surface area contributed by atoms with Gasteiger partial charge in [-0.05, 0) is 56.9 Å². The molecule has 2 rings (SSSR count). The highest BCUT2D eigenvalue weighted by molar-refractivity contribution is 5.89. The van der Waals surface area contributed by atoms with Gasteiger partial charge in [-0.1, -0.05) is 19.3 Å². The van der Waals surface area contributed by atoms with Crippen LogP contribution < -0.4 is 10.2 Å². The highest BCUT2D eigenvalue weighted by atomic mass is 16.5. The normalized spacial score (nSPS) is 14.8. The number of ether oxygens (including phenoxy) is 2. The van der Waals surface area contributed by atoms with E-state index in [0.29, 0.717) is 17.9 Å². The average molecular weight is 346 g/mol. The first kappa shape index (κ1) is 19.0. The van der Waals surface area contributed by atoms with Crippen molar-refractivity contribution in [1.29, 1.82) is 0 Å². The first-order chi connectivity index (χ1) is 12.2. The van der Waals surface area contributed by atoms with Gasteiger partial charge in [0.25, 0.3) is 5.91 Å². The number of hydrogen-bond donors (Lipinski definition) is 1. The van der Waals surface area contributed by atoms with Crippen LogP contribution in [-0.4, -0.2) is 30.8 Å². The summed E-state index contributed by atoms with van der Waals surface area (Å²) in [6.45, 7) is 1.98. The molecule has 136 valence electrons. The third-order valence-corrected chi connectivity index (χ3v) is 4.00. The van der Waals surface area contributed by atoms with Gasteiger partial charge in [0.05, 0.1) is 12.2 Å². The maximum Gasteiger partial charge on any atom is 0.338 e. The summed E-state index contributed by atoms with van der Waals surface area (Å²) in [6, 6.07) is 6.50. The van der Waals surface area contributed by atoms with E-state index in [0.717, 1.165) is 31.4 Å². The molecule has 1 fully saturated rings. The fraction of sp³-hybridized carbons (Fsp3) is 0.526. The summed E-state index contributed by atoms with van der Waals surface area (Å²) in [5.74, 6) is -0.146. The van der Waals surface area contributed by atoms with Gasteiger partial charge in [-0.3, -0.25) is 4.79 Å². The molecule has 1 N–H and O–H groups in total. The number of hydrogen-bond acceptors (Lipinski definition) is 5. The summed E-state index contributed by atoms with van der Waals surface area (Å²) in [6.07, 6.45) is 7.95. The monoisotopic (exact) mass is 346 g/mol. The number of nitrogens with zero attached hydrogens (tertiary/aromatic N) is 1. The second-order valence-electron chi connectivity index (χ2n) is 6.01. The first-order valence-corrected chi connectivity index (χ1v) is 8.93. The number of amides is 1. The number of carbonyl (C=O) groups excluding carboxylic acids is 2. The van der Waals surface area contributed by atoms with Gasteiger partial charge in [-0.15, -0.1) is 0 Å². The number of nitrogens with one attached hydrogen (secondary N) is 1. The van der Waals surface area contributed by atoms with E-state index < -0.39 is 0 Å². The molecule has 0 heterocycles. The summed E-state index contributed by atoms with van der Waals surface area (Å²) >= 11 is 0. The molecular formula is C19H26N2O4. The lowest BCUT2D eigenvalue weighted by atomic mass is 9.99. The van der Waals surface area contributed by atoms with Gasteiger partial charge in [0.15, 0.2) is 6.61 Å². The molecular weight excluding hydrogens is 320 g/mol. The van der Waals surface area contributed by atoms with Gasteiger partial charge in [0, 0.05) is 5.71 Å². The van der Waals surface area contributed by atoms with Crippen molar-refractivity contribution < 1.29 is 19.1 Å². The molecule has 6 heteroatoms. The van der Waals surface area contributed by atoms with Crippen LogP contribution in [0.25, 0.3) is 0 Å². The van der Waals surface area contributed by atoms with Gasteiger partial charge in [-0.2, -0.15) is 5.10 Å². The van der Waals surface area contributed by atoms with Crippen molar-refractivity contribution in [3.05, 3.63) is 29.8 Å². The van der Waals surface area contributed by atoms with Crippen LogP contribution in [-0.2, 0) is 9.53 Å². The topological polar surface area (TPSA) is 77.0 Å². The molecule has 0 aromatic heterocycles. The number of carbonyl (C=O) groups is 2. The van der Waals surface area contributed by atoms with Crippen molar-refractivity contribution in [2.75, 3.05) is 13.2 Å². The summed E-state index contributed by atoms with van der Waals surface area (Å²) in [5, 5.41) is 4.23. The lowest BCUT2D eigenvalue weighted by Crippen LogP contribution is -2.26. The lowest BCUT2D eigenvalue weighted by molar-refractivity contribution is -0.123. The number of hydrazone groups is 1. The average Bonchev–Trinajstić information content (AvgIpc) is 2.59. The summed E-state index contributed by atoms with van der Waals surface area (Å²) in [5.41, 5.74) is 4.08. The third kappa shape index (κ3) is 6.95. The van der Waals surface area contributed by atoms with Crippen LogP contribution in [0.1, 0.15) is 62.2 Å². The predicted octanol–water partition coefficient (Wildman–Crippen LogP) is 3.46. The Balaban J connectivity index is 1.76. The second kappa shape index (κ2) is 10.5. The Morgan fingerprint density at radius 2 is 1.68 bits per heavy atom. The van der Waals surface area contributed by atoms with E-state index in [2.05, 4.69) is 10.5 Å². The van der Waals surface area contributed by atoms with Crippen molar-refractivity contribution in [3.8, 4) is 5.75 Å². The molecule has 0 radical (unpaired) electrons. The zero-order valence-corrected chi connectivity index (χ0v) is 14.8. The Labute approximate surface area is 148 Å². The molecule has 0 atom stereocenters. The quantitative estimate of drug-likeness (QED) is 0.632. The number of esters is 1. The zero-order chi connectivity index (χ0) is 17.9. The van der Waals surface area contributed by atoms with Gasteiger partial charge < -0.3 is 9.47 Å². The molecule has 1 aliphatic carbocycles. The molecule has 0 bridgehead atoms. The highest BCUT2D eigenvalue weighted by Gasteiger charge is 2.08. The summed E-state index contributed by atoms with van der Waals surface area (Å²) in [7, 11) is 0. The minimum absolute atomic E-state index is 0.116.